The zero-order valence-corrected chi connectivity index (χ0v) is 17.2. The summed E-state index contributed by atoms with van der Waals surface area (Å²) in [6.45, 7) is 5.80. The van der Waals surface area contributed by atoms with Gasteiger partial charge in [0.25, 0.3) is 5.91 Å². The van der Waals surface area contributed by atoms with Crippen LogP contribution in [-0.4, -0.2) is 29.3 Å². The lowest BCUT2D eigenvalue weighted by molar-refractivity contribution is 0.0964. The van der Waals surface area contributed by atoms with Gasteiger partial charge in [-0.05, 0) is 57.2 Å². The van der Waals surface area contributed by atoms with Crippen LogP contribution in [0.25, 0.3) is 33.4 Å². The van der Waals surface area contributed by atoms with Crippen LogP contribution in [0.1, 0.15) is 29.9 Å². The average molecular weight is 407 g/mol. The zero-order chi connectivity index (χ0) is 21.4. The molecule has 2 N–H and O–H groups in total. The number of carbonyl (C=O) groups is 1. The van der Waals surface area contributed by atoms with Crippen molar-refractivity contribution in [2.75, 3.05) is 7.05 Å². The molecule has 4 aromatic rings. The fourth-order valence-corrected chi connectivity index (χ4v) is 3.46. The van der Waals surface area contributed by atoms with Crippen molar-refractivity contribution in [3.8, 4) is 28.2 Å². The first-order valence-electron chi connectivity index (χ1n) is 9.64. The Morgan fingerprint density at radius 1 is 1.20 bits per heavy atom. The van der Waals surface area contributed by atoms with Gasteiger partial charge >= 0.3 is 0 Å². The highest BCUT2D eigenvalue weighted by Crippen LogP contribution is 2.41. The van der Waals surface area contributed by atoms with E-state index in [1.54, 1.807) is 25.4 Å². The minimum absolute atomic E-state index is 0.0691. The number of nitrogens with zero attached hydrogens (tertiary/aromatic N) is 1. The van der Waals surface area contributed by atoms with Crippen LogP contribution in [0.3, 0.4) is 0 Å². The molecule has 2 aromatic carbocycles. The molecule has 0 radical (unpaired) electrons. The number of carbonyl (C=O) groups excluding carboxylic acids is 1. The van der Waals surface area contributed by atoms with E-state index in [9.17, 15) is 9.18 Å². The number of hydrogen-bond acceptors (Lipinski definition) is 4. The Hall–Kier alpha value is -3.61. The van der Waals surface area contributed by atoms with Gasteiger partial charge in [0, 0.05) is 34.8 Å². The van der Waals surface area contributed by atoms with E-state index in [0.717, 1.165) is 16.8 Å². The number of H-pyrrole nitrogens is 1. The molecule has 0 unspecified atom stereocenters. The summed E-state index contributed by atoms with van der Waals surface area (Å²) < 4.78 is 25.6. The molecule has 2 heterocycles. The Morgan fingerprint density at radius 2 is 1.93 bits per heavy atom. The minimum Gasteiger partial charge on any atom is -0.490 e. The summed E-state index contributed by atoms with van der Waals surface area (Å²) >= 11 is 0. The van der Waals surface area contributed by atoms with Gasteiger partial charge < -0.3 is 14.5 Å². The number of aryl methyl sites for hydroxylation is 1. The maximum atomic E-state index is 13.4. The number of benzene rings is 2. The third kappa shape index (κ3) is 3.43. The van der Waals surface area contributed by atoms with Crippen molar-refractivity contribution >= 4 is 16.9 Å². The first-order chi connectivity index (χ1) is 14.4. The molecule has 0 saturated carbocycles. The monoisotopic (exact) mass is 407 g/mol. The van der Waals surface area contributed by atoms with Crippen LogP contribution in [0.15, 0.2) is 47.0 Å². The topological polar surface area (TPSA) is 80.2 Å². The molecule has 0 bridgehead atoms. The number of fused-ring (bicyclic) bond motifs is 1. The van der Waals surface area contributed by atoms with Crippen LogP contribution in [0.4, 0.5) is 4.39 Å². The van der Waals surface area contributed by atoms with Crippen molar-refractivity contribution in [2.45, 2.75) is 26.9 Å². The molecule has 6 nitrogen and oxygen atoms in total. The summed E-state index contributed by atoms with van der Waals surface area (Å²) in [5.74, 6) is 0.344. The number of halogens is 1. The molecule has 0 saturated heterocycles. The first kappa shape index (κ1) is 19.7. The zero-order valence-electron chi connectivity index (χ0n) is 17.2. The number of nitrogens with one attached hydrogen (secondary N) is 2. The smallest absolute Gasteiger partial charge is 0.255 e. The molecule has 0 aliphatic heterocycles. The van der Waals surface area contributed by atoms with E-state index in [1.165, 1.54) is 12.1 Å². The lowest BCUT2D eigenvalue weighted by Crippen LogP contribution is -2.18. The molecule has 2 aromatic heterocycles. The normalized spacial score (nSPS) is 11.3. The van der Waals surface area contributed by atoms with Gasteiger partial charge in [-0.1, -0.05) is 0 Å². The fourth-order valence-electron chi connectivity index (χ4n) is 3.46. The molecule has 30 heavy (non-hydrogen) atoms. The summed E-state index contributed by atoms with van der Waals surface area (Å²) in [6.07, 6.45) is 1.66. The molecule has 154 valence electrons. The average Bonchev–Trinajstić information content (AvgIpc) is 3.30. The summed E-state index contributed by atoms with van der Waals surface area (Å²) in [5, 5.41) is 10.3. The van der Waals surface area contributed by atoms with Crippen LogP contribution in [0.2, 0.25) is 0 Å². The fraction of sp³-hybridized carbons (Fsp3) is 0.217. The number of hydrogen-bond donors (Lipinski definition) is 2. The van der Waals surface area contributed by atoms with E-state index in [1.807, 2.05) is 32.9 Å². The second-order valence-corrected chi connectivity index (χ2v) is 7.31. The highest BCUT2D eigenvalue weighted by Gasteiger charge is 2.24. The molecule has 0 aliphatic carbocycles. The highest BCUT2D eigenvalue weighted by molar-refractivity contribution is 6.12. The number of aromatic nitrogens is 2. The van der Waals surface area contributed by atoms with Crippen molar-refractivity contribution in [2.24, 2.45) is 0 Å². The Balaban J connectivity index is 2.02. The Bertz CT molecular complexity index is 1220. The number of amides is 1. The number of aromatic amines is 1. The van der Waals surface area contributed by atoms with Crippen molar-refractivity contribution in [3.05, 3.63) is 59.7 Å². The second kappa shape index (κ2) is 7.67. The number of rotatable bonds is 5. The molecule has 0 fully saturated rings. The van der Waals surface area contributed by atoms with Crippen molar-refractivity contribution < 1.29 is 18.3 Å². The number of furan rings is 1. The van der Waals surface area contributed by atoms with Crippen LogP contribution in [0.5, 0.6) is 5.75 Å². The van der Waals surface area contributed by atoms with Crippen molar-refractivity contribution in [1.29, 1.82) is 0 Å². The lowest BCUT2D eigenvalue weighted by atomic mass is 10.0. The van der Waals surface area contributed by atoms with Gasteiger partial charge in [0.2, 0.25) is 0 Å². The van der Waals surface area contributed by atoms with Crippen molar-refractivity contribution in [1.82, 2.24) is 15.5 Å². The van der Waals surface area contributed by atoms with E-state index < -0.39 is 0 Å². The summed E-state index contributed by atoms with van der Waals surface area (Å²) in [6, 6.07) is 9.52. The Labute approximate surface area is 173 Å². The van der Waals surface area contributed by atoms with Crippen LogP contribution < -0.4 is 10.1 Å². The third-order valence-corrected chi connectivity index (χ3v) is 4.83. The van der Waals surface area contributed by atoms with Crippen LogP contribution >= 0.6 is 0 Å². The van der Waals surface area contributed by atoms with Gasteiger partial charge in [-0.2, -0.15) is 5.10 Å². The molecule has 0 atom stereocenters. The van der Waals surface area contributed by atoms with E-state index in [4.69, 9.17) is 9.15 Å². The summed E-state index contributed by atoms with van der Waals surface area (Å²) in [4.78, 5) is 12.7. The van der Waals surface area contributed by atoms with Gasteiger partial charge in [-0.15, -0.1) is 0 Å². The third-order valence-electron chi connectivity index (χ3n) is 4.83. The maximum absolute atomic E-state index is 13.4. The first-order valence-corrected chi connectivity index (χ1v) is 9.64. The molecule has 0 aliphatic rings. The quantitative estimate of drug-likeness (QED) is 0.483. The van der Waals surface area contributed by atoms with E-state index in [0.29, 0.717) is 33.6 Å². The highest BCUT2D eigenvalue weighted by atomic mass is 19.1. The molecule has 1 amide bonds. The van der Waals surface area contributed by atoms with Gasteiger partial charge in [0.05, 0.1) is 17.9 Å². The predicted octanol–water partition coefficient (Wildman–Crippen LogP) is 5.08. The largest absolute Gasteiger partial charge is 0.490 e. The summed E-state index contributed by atoms with van der Waals surface area (Å²) in [7, 11) is 1.56. The molecule has 0 spiro atoms. The van der Waals surface area contributed by atoms with Gasteiger partial charge in [-0.25, -0.2) is 4.39 Å². The second-order valence-electron chi connectivity index (χ2n) is 7.31. The lowest BCUT2D eigenvalue weighted by Gasteiger charge is -2.14. The van der Waals surface area contributed by atoms with Gasteiger partial charge in [0.15, 0.2) is 0 Å². The number of ether oxygens (including phenoxy) is 1. The molecular formula is C23H22FN3O3. The molecule has 7 heteroatoms. The van der Waals surface area contributed by atoms with E-state index in [-0.39, 0.29) is 17.8 Å². The van der Waals surface area contributed by atoms with Gasteiger partial charge in [-0.3, -0.25) is 9.89 Å². The molecule has 4 rings (SSSR count). The SMILES string of the molecule is CNC(=O)c1c(-c2ccc(F)cc2)oc2cc(-c3cn[nH]c3C)c(OC(C)C)cc12. The van der Waals surface area contributed by atoms with Crippen LogP contribution in [0, 0.1) is 12.7 Å². The van der Waals surface area contributed by atoms with E-state index in [2.05, 4.69) is 15.5 Å². The van der Waals surface area contributed by atoms with Gasteiger partial charge in [0.1, 0.15) is 22.9 Å². The van der Waals surface area contributed by atoms with Crippen LogP contribution in [-0.2, 0) is 0 Å². The predicted molar refractivity (Wildman–Crippen MR) is 113 cm³/mol. The molecular weight excluding hydrogens is 385 g/mol. The maximum Gasteiger partial charge on any atom is 0.255 e. The standard InChI is InChI=1S/C23H22FN3O3/c1-12(2)29-19-10-17-20(9-16(19)18-11-26-27-13(18)3)30-22(21(17)23(28)25-4)14-5-7-15(24)8-6-14/h5-12H,1-4H3,(H,25,28)(H,26,27). The Morgan fingerprint density at radius 3 is 2.53 bits per heavy atom. The Kier molecular flexibility index (Phi) is 5.03. The van der Waals surface area contributed by atoms with Crippen molar-refractivity contribution in [3.63, 3.8) is 0 Å². The van der Waals surface area contributed by atoms with E-state index >= 15 is 0 Å². The summed E-state index contributed by atoms with van der Waals surface area (Å²) in [5.41, 5.74) is 4.10. The minimum atomic E-state index is -0.360.